The number of rotatable bonds is 6. The van der Waals surface area contributed by atoms with Crippen LogP contribution in [0.1, 0.15) is 38.1 Å². The molecule has 0 atom stereocenters. The molecular formula is C11H21N3O2S. The molecule has 1 rings (SSSR count). The lowest BCUT2D eigenvalue weighted by atomic mass is 10.0. The molecule has 98 valence electrons. The third-order valence-corrected chi connectivity index (χ3v) is 4.73. The minimum atomic E-state index is -3.44. The van der Waals surface area contributed by atoms with E-state index in [1.54, 1.807) is 13.8 Å². The molecule has 0 unspecified atom stereocenters. The second kappa shape index (κ2) is 5.64. The van der Waals surface area contributed by atoms with E-state index in [0.717, 1.165) is 12.8 Å². The van der Waals surface area contributed by atoms with Crippen LogP contribution in [0.25, 0.3) is 0 Å². The van der Waals surface area contributed by atoms with E-state index >= 15 is 0 Å². The number of nitrogens with one attached hydrogen (secondary N) is 2. The van der Waals surface area contributed by atoms with Crippen LogP contribution in [0, 0.1) is 19.8 Å². The first kappa shape index (κ1) is 14.2. The summed E-state index contributed by atoms with van der Waals surface area (Å²) < 4.78 is 26.9. The molecular weight excluding hydrogens is 238 g/mol. The van der Waals surface area contributed by atoms with Gasteiger partial charge in [0.2, 0.25) is 10.0 Å². The Morgan fingerprint density at radius 3 is 2.29 bits per heavy atom. The van der Waals surface area contributed by atoms with E-state index in [-0.39, 0.29) is 4.90 Å². The van der Waals surface area contributed by atoms with E-state index in [0.29, 0.717) is 23.9 Å². The van der Waals surface area contributed by atoms with Crippen LogP contribution in [-0.2, 0) is 10.0 Å². The molecule has 0 radical (unpaired) electrons. The Bertz CT molecular complexity index is 442. The van der Waals surface area contributed by atoms with Crippen molar-refractivity contribution in [2.45, 2.75) is 45.4 Å². The van der Waals surface area contributed by atoms with Crippen LogP contribution in [0.15, 0.2) is 4.90 Å². The molecule has 0 aliphatic heterocycles. The fourth-order valence-electron chi connectivity index (χ4n) is 1.81. The number of aryl methyl sites for hydroxylation is 2. The van der Waals surface area contributed by atoms with Gasteiger partial charge in [-0.3, -0.25) is 5.10 Å². The molecule has 1 aromatic rings. The Morgan fingerprint density at radius 1 is 1.29 bits per heavy atom. The van der Waals surface area contributed by atoms with Gasteiger partial charge in [-0.2, -0.15) is 5.10 Å². The van der Waals surface area contributed by atoms with E-state index in [2.05, 4.69) is 28.8 Å². The molecule has 0 spiro atoms. The number of nitrogens with zero attached hydrogens (tertiary/aromatic N) is 1. The summed E-state index contributed by atoms with van der Waals surface area (Å²) in [5.41, 5.74) is 1.10. The highest BCUT2D eigenvalue weighted by atomic mass is 32.2. The van der Waals surface area contributed by atoms with Crippen molar-refractivity contribution < 1.29 is 8.42 Å². The predicted molar refractivity (Wildman–Crippen MR) is 67.3 cm³/mol. The zero-order valence-corrected chi connectivity index (χ0v) is 11.7. The zero-order chi connectivity index (χ0) is 13.1. The van der Waals surface area contributed by atoms with Gasteiger partial charge in [0, 0.05) is 6.54 Å². The van der Waals surface area contributed by atoms with Gasteiger partial charge in [-0.05, 0) is 19.8 Å². The van der Waals surface area contributed by atoms with Crippen LogP contribution in [0.3, 0.4) is 0 Å². The van der Waals surface area contributed by atoms with Gasteiger partial charge in [-0.25, -0.2) is 13.1 Å². The molecule has 5 nitrogen and oxygen atoms in total. The largest absolute Gasteiger partial charge is 0.281 e. The predicted octanol–water partition coefficient (Wildman–Crippen LogP) is 1.74. The maximum atomic E-state index is 12.1. The maximum absolute atomic E-state index is 12.1. The standard InChI is InChI=1S/C11H21N3O2S/c1-5-10(6-2)7-12-17(15,16)11-8(3)13-14-9(11)4/h10,12H,5-7H2,1-4H3,(H,13,14). The van der Waals surface area contributed by atoms with Crippen LogP contribution < -0.4 is 4.72 Å². The second-order valence-electron chi connectivity index (χ2n) is 4.30. The fourth-order valence-corrected chi connectivity index (χ4v) is 3.30. The maximum Gasteiger partial charge on any atom is 0.244 e. The number of aromatic nitrogens is 2. The van der Waals surface area contributed by atoms with Crippen molar-refractivity contribution in [1.82, 2.24) is 14.9 Å². The minimum Gasteiger partial charge on any atom is -0.281 e. The summed E-state index contributed by atoms with van der Waals surface area (Å²) in [4.78, 5) is 0.281. The molecule has 0 saturated heterocycles. The highest BCUT2D eigenvalue weighted by Crippen LogP contribution is 2.17. The second-order valence-corrected chi connectivity index (χ2v) is 6.00. The molecule has 0 amide bonds. The lowest BCUT2D eigenvalue weighted by Crippen LogP contribution is -2.29. The minimum absolute atomic E-state index is 0.281. The first-order valence-electron chi connectivity index (χ1n) is 5.93. The van der Waals surface area contributed by atoms with Crippen molar-refractivity contribution in [3.63, 3.8) is 0 Å². The number of hydrogen-bond donors (Lipinski definition) is 2. The molecule has 0 bridgehead atoms. The average molecular weight is 259 g/mol. The summed E-state index contributed by atoms with van der Waals surface area (Å²) >= 11 is 0. The lowest BCUT2D eigenvalue weighted by Gasteiger charge is -2.13. The van der Waals surface area contributed by atoms with Crippen LogP contribution in [0.5, 0.6) is 0 Å². The molecule has 1 heterocycles. The summed E-state index contributed by atoms with van der Waals surface area (Å²) in [7, 11) is -3.44. The van der Waals surface area contributed by atoms with E-state index in [1.165, 1.54) is 0 Å². The Hall–Kier alpha value is -0.880. The number of H-pyrrole nitrogens is 1. The Balaban J connectivity index is 2.83. The molecule has 0 saturated carbocycles. The normalized spacial score (nSPS) is 12.3. The molecule has 0 fully saturated rings. The van der Waals surface area contributed by atoms with E-state index in [4.69, 9.17) is 0 Å². The highest BCUT2D eigenvalue weighted by molar-refractivity contribution is 7.89. The molecule has 1 aromatic heterocycles. The third-order valence-electron chi connectivity index (χ3n) is 3.05. The van der Waals surface area contributed by atoms with Gasteiger partial charge in [0.1, 0.15) is 4.90 Å². The van der Waals surface area contributed by atoms with Gasteiger partial charge >= 0.3 is 0 Å². The van der Waals surface area contributed by atoms with Crippen molar-refractivity contribution in [3.05, 3.63) is 11.4 Å². The van der Waals surface area contributed by atoms with Gasteiger partial charge < -0.3 is 0 Å². The smallest absolute Gasteiger partial charge is 0.244 e. The first-order chi connectivity index (χ1) is 7.92. The number of aromatic amines is 1. The fraction of sp³-hybridized carbons (Fsp3) is 0.727. The number of hydrogen-bond acceptors (Lipinski definition) is 3. The third kappa shape index (κ3) is 3.29. The van der Waals surface area contributed by atoms with E-state index < -0.39 is 10.0 Å². The highest BCUT2D eigenvalue weighted by Gasteiger charge is 2.22. The Kier molecular flexibility index (Phi) is 4.70. The molecule has 0 aliphatic rings. The van der Waals surface area contributed by atoms with Crippen LogP contribution in [-0.4, -0.2) is 25.2 Å². The van der Waals surface area contributed by atoms with Crippen LogP contribution in [0.2, 0.25) is 0 Å². The molecule has 17 heavy (non-hydrogen) atoms. The van der Waals surface area contributed by atoms with Gasteiger partial charge in [0.15, 0.2) is 0 Å². The Morgan fingerprint density at radius 2 is 1.88 bits per heavy atom. The van der Waals surface area contributed by atoms with Crippen molar-refractivity contribution in [2.75, 3.05) is 6.54 Å². The monoisotopic (exact) mass is 259 g/mol. The molecule has 0 aromatic carbocycles. The van der Waals surface area contributed by atoms with Crippen LogP contribution in [0.4, 0.5) is 0 Å². The van der Waals surface area contributed by atoms with Crippen molar-refractivity contribution in [2.24, 2.45) is 5.92 Å². The topological polar surface area (TPSA) is 74.8 Å². The van der Waals surface area contributed by atoms with E-state index in [1.807, 2.05) is 0 Å². The average Bonchev–Trinajstić information content (AvgIpc) is 2.60. The van der Waals surface area contributed by atoms with Gasteiger partial charge in [-0.1, -0.05) is 26.7 Å². The van der Waals surface area contributed by atoms with Crippen molar-refractivity contribution in [1.29, 1.82) is 0 Å². The van der Waals surface area contributed by atoms with E-state index in [9.17, 15) is 8.42 Å². The summed E-state index contributed by atoms with van der Waals surface area (Å²) in [6.07, 6.45) is 1.95. The Labute approximate surface area is 103 Å². The summed E-state index contributed by atoms with van der Waals surface area (Å²) in [5, 5.41) is 6.60. The molecule has 0 aliphatic carbocycles. The quantitative estimate of drug-likeness (QED) is 0.817. The zero-order valence-electron chi connectivity index (χ0n) is 10.9. The van der Waals surface area contributed by atoms with Gasteiger partial charge in [-0.15, -0.1) is 0 Å². The molecule has 2 N–H and O–H groups in total. The SMILES string of the molecule is CCC(CC)CNS(=O)(=O)c1c(C)n[nH]c1C. The van der Waals surface area contributed by atoms with Crippen LogP contribution >= 0.6 is 0 Å². The number of sulfonamides is 1. The lowest BCUT2D eigenvalue weighted by molar-refractivity contribution is 0.478. The van der Waals surface area contributed by atoms with Gasteiger partial charge in [0.25, 0.3) is 0 Å². The van der Waals surface area contributed by atoms with Gasteiger partial charge in [0.05, 0.1) is 11.4 Å². The van der Waals surface area contributed by atoms with Crippen molar-refractivity contribution in [3.8, 4) is 0 Å². The summed E-state index contributed by atoms with van der Waals surface area (Å²) in [5.74, 6) is 0.386. The summed E-state index contributed by atoms with van der Waals surface area (Å²) in [6, 6.07) is 0. The summed E-state index contributed by atoms with van der Waals surface area (Å²) in [6.45, 7) is 8.02. The van der Waals surface area contributed by atoms with Crippen molar-refractivity contribution >= 4 is 10.0 Å². The molecule has 6 heteroatoms. The first-order valence-corrected chi connectivity index (χ1v) is 7.41.